The third kappa shape index (κ3) is 1.79. The van der Waals surface area contributed by atoms with Crippen LogP contribution >= 0.6 is 0 Å². The average molecular weight is 253 g/mol. The molecule has 1 unspecified atom stereocenters. The molecule has 18 heavy (non-hydrogen) atoms. The smallest absolute Gasteiger partial charge is 0.231 e. The van der Waals surface area contributed by atoms with Crippen LogP contribution in [-0.4, -0.2) is 20.4 Å². The molecule has 2 aliphatic heterocycles. The largest absolute Gasteiger partial charge is 0.494 e. The molecule has 1 saturated heterocycles. The molecule has 3 rings (SSSR count). The van der Waals surface area contributed by atoms with Gasteiger partial charge in [-0.3, -0.25) is 0 Å². The summed E-state index contributed by atoms with van der Waals surface area (Å²) in [6.07, 6.45) is 3.12. The summed E-state index contributed by atoms with van der Waals surface area (Å²) < 4.78 is 30.2. The molecule has 2 aliphatic rings. The van der Waals surface area contributed by atoms with Crippen LogP contribution in [0.15, 0.2) is 6.07 Å². The Morgan fingerprint density at radius 2 is 2.28 bits per heavy atom. The van der Waals surface area contributed by atoms with E-state index in [1.807, 2.05) is 0 Å². The van der Waals surface area contributed by atoms with Crippen molar-refractivity contribution in [3.05, 3.63) is 17.4 Å². The van der Waals surface area contributed by atoms with Crippen molar-refractivity contribution in [2.45, 2.75) is 25.3 Å². The van der Waals surface area contributed by atoms with Crippen molar-refractivity contribution in [2.75, 3.05) is 20.4 Å². The lowest BCUT2D eigenvalue weighted by atomic mass is 9.95. The minimum Gasteiger partial charge on any atom is -0.494 e. The fourth-order valence-corrected chi connectivity index (χ4v) is 2.58. The van der Waals surface area contributed by atoms with Crippen molar-refractivity contribution in [1.29, 1.82) is 0 Å². The second kappa shape index (κ2) is 4.65. The monoisotopic (exact) mass is 253 g/mol. The number of fused-ring (bicyclic) bond motifs is 1. The first-order valence-electron chi connectivity index (χ1n) is 6.20. The molecule has 0 aromatic heterocycles. The number of halogens is 1. The highest BCUT2D eigenvalue weighted by atomic mass is 19.1. The molecular formula is C13H16FNO3. The molecular weight excluding hydrogens is 237 g/mol. The third-order valence-corrected chi connectivity index (χ3v) is 3.48. The first-order valence-corrected chi connectivity index (χ1v) is 6.20. The van der Waals surface area contributed by atoms with Crippen LogP contribution in [0.5, 0.6) is 17.2 Å². The van der Waals surface area contributed by atoms with Crippen LogP contribution in [-0.2, 0) is 0 Å². The van der Waals surface area contributed by atoms with E-state index in [9.17, 15) is 4.39 Å². The summed E-state index contributed by atoms with van der Waals surface area (Å²) in [7, 11) is 1.46. The van der Waals surface area contributed by atoms with Crippen LogP contribution in [0.2, 0.25) is 0 Å². The Labute approximate surface area is 105 Å². The minimum absolute atomic E-state index is 0.0238. The van der Waals surface area contributed by atoms with Crippen LogP contribution in [0.25, 0.3) is 0 Å². The maximum absolute atomic E-state index is 14.4. The van der Waals surface area contributed by atoms with E-state index in [4.69, 9.17) is 14.2 Å². The number of piperidine rings is 1. The molecule has 0 radical (unpaired) electrons. The second-order valence-electron chi connectivity index (χ2n) is 4.54. The lowest BCUT2D eigenvalue weighted by Gasteiger charge is -2.25. The van der Waals surface area contributed by atoms with Gasteiger partial charge in [-0.25, -0.2) is 4.39 Å². The number of nitrogens with one attached hydrogen (secondary N) is 1. The van der Waals surface area contributed by atoms with E-state index in [1.165, 1.54) is 7.11 Å². The highest BCUT2D eigenvalue weighted by Crippen LogP contribution is 2.45. The maximum atomic E-state index is 14.4. The van der Waals surface area contributed by atoms with E-state index < -0.39 is 0 Å². The molecule has 5 heteroatoms. The van der Waals surface area contributed by atoms with Gasteiger partial charge in [0, 0.05) is 12.1 Å². The highest BCUT2D eigenvalue weighted by molar-refractivity contribution is 5.55. The molecule has 1 fully saturated rings. The quantitative estimate of drug-likeness (QED) is 0.878. The van der Waals surface area contributed by atoms with Gasteiger partial charge in [-0.05, 0) is 19.4 Å². The molecule has 0 saturated carbocycles. The van der Waals surface area contributed by atoms with Gasteiger partial charge in [0.2, 0.25) is 6.79 Å². The van der Waals surface area contributed by atoms with Gasteiger partial charge >= 0.3 is 0 Å². The van der Waals surface area contributed by atoms with Crippen LogP contribution in [0.4, 0.5) is 4.39 Å². The lowest BCUT2D eigenvalue weighted by Crippen LogP contribution is -2.27. The Bertz CT molecular complexity index is 457. The van der Waals surface area contributed by atoms with Crippen molar-refractivity contribution < 1.29 is 18.6 Å². The van der Waals surface area contributed by atoms with Gasteiger partial charge in [0.25, 0.3) is 0 Å². The Balaban J connectivity index is 2.07. The minimum atomic E-state index is -0.346. The fourth-order valence-electron chi connectivity index (χ4n) is 2.58. The van der Waals surface area contributed by atoms with Crippen molar-refractivity contribution in [1.82, 2.24) is 5.32 Å². The Hall–Kier alpha value is -1.49. The van der Waals surface area contributed by atoms with Gasteiger partial charge in [0.1, 0.15) is 0 Å². The summed E-state index contributed by atoms with van der Waals surface area (Å²) in [5.74, 6) is 0.950. The van der Waals surface area contributed by atoms with Crippen molar-refractivity contribution in [2.24, 2.45) is 0 Å². The van der Waals surface area contributed by atoms with E-state index >= 15 is 0 Å². The Morgan fingerprint density at radius 3 is 3.00 bits per heavy atom. The van der Waals surface area contributed by atoms with Gasteiger partial charge in [-0.1, -0.05) is 6.42 Å². The van der Waals surface area contributed by atoms with E-state index in [0.29, 0.717) is 17.1 Å². The molecule has 1 N–H and O–H groups in total. The molecule has 2 heterocycles. The molecule has 0 bridgehead atoms. The van der Waals surface area contributed by atoms with Gasteiger partial charge < -0.3 is 19.5 Å². The maximum Gasteiger partial charge on any atom is 0.231 e. The first-order chi connectivity index (χ1) is 8.81. The zero-order valence-electron chi connectivity index (χ0n) is 10.3. The second-order valence-corrected chi connectivity index (χ2v) is 4.54. The van der Waals surface area contributed by atoms with E-state index in [2.05, 4.69) is 5.32 Å². The molecule has 0 spiro atoms. The van der Waals surface area contributed by atoms with Crippen molar-refractivity contribution >= 4 is 0 Å². The molecule has 4 nitrogen and oxygen atoms in total. The first kappa shape index (κ1) is 11.6. The van der Waals surface area contributed by atoms with Crippen molar-refractivity contribution in [3.8, 4) is 17.2 Å². The summed E-state index contributed by atoms with van der Waals surface area (Å²) in [5.41, 5.74) is 0.543. The highest BCUT2D eigenvalue weighted by Gasteiger charge is 2.30. The summed E-state index contributed by atoms with van der Waals surface area (Å²) in [5, 5.41) is 3.33. The van der Waals surface area contributed by atoms with E-state index in [0.717, 1.165) is 25.8 Å². The number of ether oxygens (including phenoxy) is 3. The fraction of sp³-hybridized carbons (Fsp3) is 0.538. The number of benzene rings is 1. The predicted octanol–water partition coefficient (Wildman–Crippen LogP) is 2.38. The standard InChI is InChI=1S/C13H16FNO3/c1-16-9-6-10-13(18-7-17-10)11(12(9)14)8-4-2-3-5-15-8/h6,8,15H,2-5,7H2,1H3. The van der Waals surface area contributed by atoms with Gasteiger partial charge in [-0.2, -0.15) is 0 Å². The molecule has 0 aliphatic carbocycles. The summed E-state index contributed by atoms with van der Waals surface area (Å²) >= 11 is 0. The third-order valence-electron chi connectivity index (χ3n) is 3.48. The average Bonchev–Trinajstić information content (AvgIpc) is 2.86. The van der Waals surface area contributed by atoms with E-state index in [-0.39, 0.29) is 24.4 Å². The molecule has 1 atom stereocenters. The van der Waals surface area contributed by atoms with Crippen LogP contribution in [0.3, 0.4) is 0 Å². The summed E-state index contributed by atoms with van der Waals surface area (Å²) in [6, 6.07) is 1.52. The number of methoxy groups -OCH3 is 1. The normalized spacial score (nSPS) is 22.0. The number of hydrogen-bond donors (Lipinski definition) is 1. The van der Waals surface area contributed by atoms with Gasteiger partial charge in [0.05, 0.1) is 12.7 Å². The van der Waals surface area contributed by atoms with Crippen LogP contribution in [0.1, 0.15) is 30.9 Å². The SMILES string of the molecule is COc1cc2c(c(C3CCCCN3)c1F)OCO2. The molecule has 1 aromatic rings. The molecule has 1 aromatic carbocycles. The zero-order valence-corrected chi connectivity index (χ0v) is 10.3. The molecule has 0 amide bonds. The number of hydrogen-bond acceptors (Lipinski definition) is 4. The topological polar surface area (TPSA) is 39.7 Å². The van der Waals surface area contributed by atoms with Gasteiger partial charge in [-0.15, -0.1) is 0 Å². The summed E-state index contributed by atoms with van der Waals surface area (Å²) in [4.78, 5) is 0. The Morgan fingerprint density at radius 1 is 1.39 bits per heavy atom. The van der Waals surface area contributed by atoms with Crippen LogP contribution in [0, 0.1) is 5.82 Å². The lowest BCUT2D eigenvalue weighted by molar-refractivity contribution is 0.172. The zero-order chi connectivity index (χ0) is 12.5. The van der Waals surface area contributed by atoms with E-state index in [1.54, 1.807) is 6.07 Å². The molecule has 98 valence electrons. The number of rotatable bonds is 2. The van der Waals surface area contributed by atoms with Crippen LogP contribution < -0.4 is 19.5 Å². The predicted molar refractivity (Wildman–Crippen MR) is 63.7 cm³/mol. The van der Waals surface area contributed by atoms with Gasteiger partial charge in [0.15, 0.2) is 23.1 Å². The Kier molecular flexibility index (Phi) is 2.99. The van der Waals surface area contributed by atoms with Crippen molar-refractivity contribution in [3.63, 3.8) is 0 Å². The summed E-state index contributed by atoms with van der Waals surface area (Å²) in [6.45, 7) is 1.04.